The maximum atomic E-state index is 13.0. The number of carbonyl (C=O) groups is 2. The van der Waals surface area contributed by atoms with Crippen LogP contribution in [0.2, 0.25) is 0 Å². The molecule has 2 amide bonds. The Labute approximate surface area is 122 Å². The number of aryl methyl sites for hydroxylation is 1. The SMILES string of the molecule is Cc1cc(F)ccc1NC(=O)N1CCC(C(=O)O)CC1C. The molecule has 1 aromatic rings. The van der Waals surface area contributed by atoms with Crippen molar-refractivity contribution in [1.29, 1.82) is 0 Å². The molecule has 1 aromatic carbocycles. The lowest BCUT2D eigenvalue weighted by molar-refractivity contribution is -0.143. The molecule has 21 heavy (non-hydrogen) atoms. The molecule has 2 atom stereocenters. The number of likely N-dealkylation sites (tertiary alicyclic amines) is 1. The van der Waals surface area contributed by atoms with Crippen molar-refractivity contribution in [3.05, 3.63) is 29.6 Å². The quantitative estimate of drug-likeness (QED) is 0.881. The van der Waals surface area contributed by atoms with Gasteiger partial charge >= 0.3 is 12.0 Å². The second-order valence-electron chi connectivity index (χ2n) is 5.49. The highest BCUT2D eigenvalue weighted by Gasteiger charge is 2.32. The lowest BCUT2D eigenvalue weighted by atomic mass is 9.92. The van der Waals surface area contributed by atoms with Crippen molar-refractivity contribution < 1.29 is 19.1 Å². The van der Waals surface area contributed by atoms with Crippen molar-refractivity contribution in [2.45, 2.75) is 32.7 Å². The van der Waals surface area contributed by atoms with Gasteiger partial charge in [0.25, 0.3) is 0 Å². The molecule has 0 spiro atoms. The molecule has 0 saturated carbocycles. The van der Waals surface area contributed by atoms with Crippen LogP contribution >= 0.6 is 0 Å². The average Bonchev–Trinajstić information content (AvgIpc) is 2.41. The standard InChI is InChI=1S/C15H19FN2O3/c1-9-7-12(16)3-4-13(9)17-15(21)18-6-5-11(14(19)20)8-10(18)2/h3-4,7,10-11H,5-6,8H2,1-2H3,(H,17,21)(H,19,20). The van der Waals surface area contributed by atoms with Gasteiger partial charge in [0.05, 0.1) is 5.92 Å². The van der Waals surface area contributed by atoms with E-state index in [0.29, 0.717) is 30.6 Å². The molecule has 1 saturated heterocycles. The first-order chi connectivity index (χ1) is 9.88. The second-order valence-corrected chi connectivity index (χ2v) is 5.49. The van der Waals surface area contributed by atoms with E-state index >= 15 is 0 Å². The second kappa shape index (κ2) is 6.11. The van der Waals surface area contributed by atoms with Crippen molar-refractivity contribution in [2.75, 3.05) is 11.9 Å². The molecule has 114 valence electrons. The van der Waals surface area contributed by atoms with Gasteiger partial charge in [0.1, 0.15) is 5.82 Å². The van der Waals surface area contributed by atoms with E-state index < -0.39 is 11.9 Å². The Hall–Kier alpha value is -2.11. The molecule has 1 heterocycles. The van der Waals surface area contributed by atoms with Crippen LogP contribution in [0.25, 0.3) is 0 Å². The van der Waals surface area contributed by atoms with Crippen LogP contribution in [0.4, 0.5) is 14.9 Å². The van der Waals surface area contributed by atoms with E-state index in [9.17, 15) is 14.0 Å². The summed E-state index contributed by atoms with van der Waals surface area (Å²) in [4.78, 5) is 24.9. The van der Waals surface area contributed by atoms with Gasteiger partial charge in [-0.05, 0) is 50.5 Å². The number of halogens is 1. The molecule has 1 aliphatic rings. The summed E-state index contributed by atoms with van der Waals surface area (Å²) in [6.07, 6.45) is 0.903. The first kappa shape index (κ1) is 15.3. The molecule has 1 aliphatic heterocycles. The Balaban J connectivity index is 2.02. The number of piperidine rings is 1. The third-order valence-corrected chi connectivity index (χ3v) is 3.92. The summed E-state index contributed by atoms with van der Waals surface area (Å²) in [6, 6.07) is 3.76. The Morgan fingerprint density at radius 2 is 2.14 bits per heavy atom. The maximum Gasteiger partial charge on any atom is 0.322 e. The van der Waals surface area contributed by atoms with Crippen molar-refractivity contribution >= 4 is 17.7 Å². The number of nitrogens with zero attached hydrogens (tertiary/aromatic N) is 1. The van der Waals surface area contributed by atoms with Crippen molar-refractivity contribution in [3.63, 3.8) is 0 Å². The minimum Gasteiger partial charge on any atom is -0.481 e. The van der Waals surface area contributed by atoms with Gasteiger partial charge in [-0.3, -0.25) is 4.79 Å². The van der Waals surface area contributed by atoms with E-state index in [4.69, 9.17) is 5.11 Å². The fourth-order valence-corrected chi connectivity index (χ4v) is 2.65. The molecule has 0 radical (unpaired) electrons. The summed E-state index contributed by atoms with van der Waals surface area (Å²) in [6.45, 7) is 3.97. The van der Waals surface area contributed by atoms with Gasteiger partial charge in [0, 0.05) is 18.3 Å². The van der Waals surface area contributed by atoms with E-state index in [1.165, 1.54) is 18.2 Å². The highest BCUT2D eigenvalue weighted by Crippen LogP contribution is 2.24. The number of urea groups is 1. The minimum atomic E-state index is -0.809. The fraction of sp³-hybridized carbons (Fsp3) is 0.467. The molecule has 2 N–H and O–H groups in total. The van der Waals surface area contributed by atoms with Crippen LogP contribution in [0.5, 0.6) is 0 Å². The van der Waals surface area contributed by atoms with E-state index in [2.05, 4.69) is 5.32 Å². The number of anilines is 1. The van der Waals surface area contributed by atoms with Crippen LogP contribution in [0.1, 0.15) is 25.3 Å². The summed E-state index contributed by atoms with van der Waals surface area (Å²) in [7, 11) is 0. The Kier molecular flexibility index (Phi) is 4.45. The number of carbonyl (C=O) groups excluding carboxylic acids is 1. The smallest absolute Gasteiger partial charge is 0.322 e. The number of rotatable bonds is 2. The van der Waals surface area contributed by atoms with Crippen LogP contribution in [0.3, 0.4) is 0 Å². The third-order valence-electron chi connectivity index (χ3n) is 3.92. The molecule has 6 heteroatoms. The summed E-state index contributed by atoms with van der Waals surface area (Å²) >= 11 is 0. The number of hydrogen-bond acceptors (Lipinski definition) is 2. The first-order valence-electron chi connectivity index (χ1n) is 6.95. The summed E-state index contributed by atoms with van der Waals surface area (Å²) < 4.78 is 13.0. The average molecular weight is 294 g/mol. The number of carboxylic acids is 1. The lowest BCUT2D eigenvalue weighted by Gasteiger charge is -2.36. The number of amides is 2. The minimum absolute atomic E-state index is 0.138. The van der Waals surface area contributed by atoms with Gasteiger partial charge in [-0.2, -0.15) is 0 Å². The fourth-order valence-electron chi connectivity index (χ4n) is 2.65. The molecular weight excluding hydrogens is 275 g/mol. The highest BCUT2D eigenvalue weighted by molar-refractivity contribution is 5.90. The lowest BCUT2D eigenvalue weighted by Crippen LogP contribution is -2.47. The van der Waals surface area contributed by atoms with Crippen LogP contribution in [-0.4, -0.2) is 34.6 Å². The van der Waals surface area contributed by atoms with Crippen LogP contribution in [0, 0.1) is 18.7 Å². The number of benzene rings is 1. The van der Waals surface area contributed by atoms with Crippen molar-refractivity contribution in [1.82, 2.24) is 4.90 Å². The van der Waals surface area contributed by atoms with Gasteiger partial charge in [0.15, 0.2) is 0 Å². The van der Waals surface area contributed by atoms with Gasteiger partial charge in [0.2, 0.25) is 0 Å². The first-order valence-corrected chi connectivity index (χ1v) is 6.95. The monoisotopic (exact) mass is 294 g/mol. The molecular formula is C15H19FN2O3. The number of nitrogens with one attached hydrogen (secondary N) is 1. The summed E-state index contributed by atoms with van der Waals surface area (Å²) in [5, 5.41) is 11.8. The molecule has 1 fully saturated rings. The highest BCUT2D eigenvalue weighted by atomic mass is 19.1. The summed E-state index contributed by atoms with van der Waals surface area (Å²) in [5.41, 5.74) is 1.21. The van der Waals surface area contributed by atoms with E-state index in [-0.39, 0.29) is 17.9 Å². The predicted octanol–water partition coefficient (Wildman–Crippen LogP) is 2.85. The topological polar surface area (TPSA) is 69.6 Å². The zero-order valence-corrected chi connectivity index (χ0v) is 12.1. The molecule has 5 nitrogen and oxygen atoms in total. The number of carboxylic acid groups (broad SMARTS) is 1. The molecule has 2 unspecified atom stereocenters. The van der Waals surface area contributed by atoms with E-state index in [1.807, 2.05) is 6.92 Å². The molecule has 0 aliphatic carbocycles. The molecule has 0 bridgehead atoms. The molecule has 2 rings (SSSR count). The normalized spacial score (nSPS) is 22.0. The molecule has 0 aromatic heterocycles. The number of hydrogen-bond donors (Lipinski definition) is 2. The van der Waals surface area contributed by atoms with Crippen LogP contribution in [-0.2, 0) is 4.79 Å². The zero-order chi connectivity index (χ0) is 15.6. The predicted molar refractivity (Wildman–Crippen MR) is 76.7 cm³/mol. The van der Waals surface area contributed by atoms with Gasteiger partial charge in [-0.1, -0.05) is 0 Å². The van der Waals surface area contributed by atoms with E-state index in [1.54, 1.807) is 11.8 Å². The van der Waals surface area contributed by atoms with Crippen molar-refractivity contribution in [3.8, 4) is 0 Å². The Morgan fingerprint density at radius 1 is 1.43 bits per heavy atom. The largest absolute Gasteiger partial charge is 0.481 e. The van der Waals surface area contributed by atoms with Gasteiger partial charge in [-0.25, -0.2) is 9.18 Å². The zero-order valence-electron chi connectivity index (χ0n) is 12.1. The Morgan fingerprint density at radius 3 is 2.71 bits per heavy atom. The third kappa shape index (κ3) is 3.51. The summed E-state index contributed by atoms with van der Waals surface area (Å²) in [5.74, 6) is -1.55. The van der Waals surface area contributed by atoms with Crippen LogP contribution in [0.15, 0.2) is 18.2 Å². The van der Waals surface area contributed by atoms with Gasteiger partial charge < -0.3 is 15.3 Å². The Bertz CT molecular complexity index is 562. The van der Waals surface area contributed by atoms with Gasteiger partial charge in [-0.15, -0.1) is 0 Å². The van der Waals surface area contributed by atoms with Crippen molar-refractivity contribution in [2.24, 2.45) is 5.92 Å². The maximum absolute atomic E-state index is 13.0. The van der Waals surface area contributed by atoms with Crippen LogP contribution < -0.4 is 5.32 Å². The number of aliphatic carboxylic acids is 1. The van der Waals surface area contributed by atoms with E-state index in [0.717, 1.165) is 0 Å².